The summed E-state index contributed by atoms with van der Waals surface area (Å²) in [5, 5.41) is 4.64. The number of rotatable bonds is 2. The third-order valence-electron chi connectivity index (χ3n) is 3.41. The molecule has 0 saturated heterocycles. The molecule has 1 N–H and O–H groups in total. The molecule has 21 heavy (non-hydrogen) atoms. The normalized spacial score (nSPS) is 16.9. The molecular weight excluding hydrogens is 270 g/mol. The second-order valence-corrected chi connectivity index (χ2v) is 4.86. The molecule has 3 rings (SSSR count). The Balaban J connectivity index is 2.26. The SMILES string of the molecule is CCOC(=O)c1cc2ccccc2c2c1N[C@H](C)C(=O)O2. The average Bonchev–Trinajstić information content (AvgIpc) is 2.48. The van der Waals surface area contributed by atoms with Gasteiger partial charge in [0.05, 0.1) is 17.9 Å². The van der Waals surface area contributed by atoms with Crippen LogP contribution in [-0.4, -0.2) is 24.6 Å². The molecule has 1 heterocycles. The van der Waals surface area contributed by atoms with Crippen molar-refractivity contribution < 1.29 is 19.1 Å². The van der Waals surface area contributed by atoms with E-state index in [0.29, 0.717) is 17.0 Å². The number of fused-ring (bicyclic) bond motifs is 3. The van der Waals surface area contributed by atoms with E-state index in [1.807, 2.05) is 24.3 Å². The summed E-state index contributed by atoms with van der Waals surface area (Å²) in [4.78, 5) is 24.0. The van der Waals surface area contributed by atoms with Gasteiger partial charge >= 0.3 is 11.9 Å². The van der Waals surface area contributed by atoms with Gasteiger partial charge in [0.25, 0.3) is 0 Å². The van der Waals surface area contributed by atoms with Crippen molar-refractivity contribution in [2.75, 3.05) is 11.9 Å². The van der Waals surface area contributed by atoms with Crippen molar-refractivity contribution >= 4 is 28.4 Å². The summed E-state index contributed by atoms with van der Waals surface area (Å²) < 4.78 is 10.5. The molecule has 0 spiro atoms. The number of carbonyl (C=O) groups excluding carboxylic acids is 2. The lowest BCUT2D eigenvalue weighted by atomic mass is 10.0. The Kier molecular flexibility index (Phi) is 3.25. The van der Waals surface area contributed by atoms with E-state index in [4.69, 9.17) is 9.47 Å². The van der Waals surface area contributed by atoms with Crippen LogP contribution in [0.2, 0.25) is 0 Å². The van der Waals surface area contributed by atoms with Crippen LogP contribution in [0.4, 0.5) is 5.69 Å². The first-order chi connectivity index (χ1) is 10.1. The summed E-state index contributed by atoms with van der Waals surface area (Å²) in [5.74, 6) is -0.412. The first-order valence-electron chi connectivity index (χ1n) is 6.83. The van der Waals surface area contributed by atoms with Crippen LogP contribution >= 0.6 is 0 Å². The van der Waals surface area contributed by atoms with Crippen molar-refractivity contribution in [3.05, 3.63) is 35.9 Å². The molecule has 1 aliphatic rings. The summed E-state index contributed by atoms with van der Waals surface area (Å²) >= 11 is 0. The molecular formula is C16H15NO4. The van der Waals surface area contributed by atoms with Gasteiger partial charge in [-0.15, -0.1) is 0 Å². The smallest absolute Gasteiger partial charge is 0.340 e. The summed E-state index contributed by atoms with van der Waals surface area (Å²) in [7, 11) is 0. The number of nitrogens with one attached hydrogen (secondary N) is 1. The Hall–Kier alpha value is -2.56. The minimum Gasteiger partial charge on any atom is -0.462 e. The fraction of sp³-hybridized carbons (Fsp3) is 0.250. The van der Waals surface area contributed by atoms with Crippen LogP contribution in [0.15, 0.2) is 30.3 Å². The van der Waals surface area contributed by atoms with Crippen LogP contribution in [-0.2, 0) is 9.53 Å². The van der Waals surface area contributed by atoms with E-state index in [1.165, 1.54) is 0 Å². The van der Waals surface area contributed by atoms with Gasteiger partial charge in [-0.1, -0.05) is 24.3 Å². The molecule has 5 nitrogen and oxygen atoms in total. The zero-order valence-electron chi connectivity index (χ0n) is 11.8. The largest absolute Gasteiger partial charge is 0.462 e. The molecule has 0 amide bonds. The van der Waals surface area contributed by atoms with Crippen LogP contribution in [0.3, 0.4) is 0 Å². The highest BCUT2D eigenvalue weighted by atomic mass is 16.5. The fourth-order valence-electron chi connectivity index (χ4n) is 2.40. The Morgan fingerprint density at radius 3 is 2.90 bits per heavy atom. The molecule has 2 aromatic carbocycles. The van der Waals surface area contributed by atoms with Gasteiger partial charge in [-0.3, -0.25) is 0 Å². The van der Waals surface area contributed by atoms with Gasteiger partial charge in [-0.2, -0.15) is 0 Å². The van der Waals surface area contributed by atoms with Crippen LogP contribution in [0, 0.1) is 0 Å². The number of carbonyl (C=O) groups is 2. The second kappa shape index (κ2) is 5.09. The van der Waals surface area contributed by atoms with Crippen molar-refractivity contribution in [3.63, 3.8) is 0 Å². The second-order valence-electron chi connectivity index (χ2n) is 4.86. The third kappa shape index (κ3) is 2.20. The van der Waals surface area contributed by atoms with Gasteiger partial charge in [0.2, 0.25) is 0 Å². The van der Waals surface area contributed by atoms with E-state index in [1.54, 1.807) is 19.9 Å². The van der Waals surface area contributed by atoms with E-state index in [0.717, 1.165) is 10.8 Å². The summed E-state index contributed by atoms with van der Waals surface area (Å²) in [6.45, 7) is 3.73. The summed E-state index contributed by atoms with van der Waals surface area (Å²) in [6.07, 6.45) is 0. The predicted octanol–water partition coefficient (Wildman–Crippen LogP) is 2.74. The van der Waals surface area contributed by atoms with E-state index in [2.05, 4.69) is 5.32 Å². The van der Waals surface area contributed by atoms with Crippen LogP contribution in [0.25, 0.3) is 10.8 Å². The Morgan fingerprint density at radius 1 is 1.38 bits per heavy atom. The molecule has 108 valence electrons. The monoisotopic (exact) mass is 285 g/mol. The third-order valence-corrected chi connectivity index (χ3v) is 3.41. The molecule has 0 unspecified atom stereocenters. The van der Waals surface area contributed by atoms with Crippen molar-refractivity contribution in [2.45, 2.75) is 19.9 Å². The first kappa shape index (κ1) is 13.4. The molecule has 1 aliphatic heterocycles. The molecule has 0 fully saturated rings. The molecule has 5 heteroatoms. The van der Waals surface area contributed by atoms with Gasteiger partial charge in [-0.05, 0) is 25.3 Å². The number of ether oxygens (including phenoxy) is 2. The summed E-state index contributed by atoms with van der Waals surface area (Å²) in [6, 6.07) is 8.69. The van der Waals surface area contributed by atoms with Crippen LogP contribution < -0.4 is 10.1 Å². The molecule has 1 atom stereocenters. The molecule has 0 saturated carbocycles. The number of esters is 2. The molecule has 0 bridgehead atoms. The van der Waals surface area contributed by atoms with Crippen LogP contribution in [0.5, 0.6) is 5.75 Å². The standard InChI is InChI=1S/C16H15NO4/c1-3-20-16(19)12-8-10-6-4-5-7-11(10)14-13(12)17-9(2)15(18)21-14/h4-9,17H,3H2,1-2H3/t9-/m1/s1. The van der Waals surface area contributed by atoms with Gasteiger partial charge < -0.3 is 14.8 Å². The Labute approximate surface area is 121 Å². The highest BCUT2D eigenvalue weighted by Crippen LogP contribution is 2.40. The van der Waals surface area contributed by atoms with Crippen LogP contribution in [0.1, 0.15) is 24.2 Å². The fourth-order valence-corrected chi connectivity index (χ4v) is 2.40. The Bertz CT molecular complexity index is 738. The van der Waals surface area contributed by atoms with E-state index < -0.39 is 12.0 Å². The number of hydrogen-bond donors (Lipinski definition) is 1. The molecule has 2 aromatic rings. The maximum absolute atomic E-state index is 12.1. The van der Waals surface area contributed by atoms with Gasteiger partial charge in [-0.25, -0.2) is 9.59 Å². The highest BCUT2D eigenvalue weighted by molar-refractivity contribution is 6.08. The van der Waals surface area contributed by atoms with E-state index in [-0.39, 0.29) is 12.6 Å². The lowest BCUT2D eigenvalue weighted by Crippen LogP contribution is -2.35. The lowest BCUT2D eigenvalue weighted by molar-refractivity contribution is -0.135. The predicted molar refractivity (Wildman–Crippen MR) is 78.6 cm³/mol. The minimum absolute atomic E-state index is 0.287. The van der Waals surface area contributed by atoms with E-state index >= 15 is 0 Å². The van der Waals surface area contributed by atoms with Crippen molar-refractivity contribution in [1.82, 2.24) is 0 Å². The molecule has 0 aromatic heterocycles. The number of benzene rings is 2. The number of hydrogen-bond acceptors (Lipinski definition) is 5. The minimum atomic E-state index is -0.508. The summed E-state index contributed by atoms with van der Waals surface area (Å²) in [5.41, 5.74) is 0.893. The van der Waals surface area contributed by atoms with Crippen molar-refractivity contribution in [2.24, 2.45) is 0 Å². The average molecular weight is 285 g/mol. The maximum atomic E-state index is 12.1. The van der Waals surface area contributed by atoms with Gasteiger partial charge in [0.1, 0.15) is 6.04 Å². The molecule has 0 radical (unpaired) electrons. The zero-order chi connectivity index (χ0) is 15.0. The van der Waals surface area contributed by atoms with E-state index in [9.17, 15) is 9.59 Å². The van der Waals surface area contributed by atoms with Gasteiger partial charge in [0, 0.05) is 5.39 Å². The zero-order valence-corrected chi connectivity index (χ0v) is 11.8. The molecule has 0 aliphatic carbocycles. The van der Waals surface area contributed by atoms with Gasteiger partial charge in [0.15, 0.2) is 5.75 Å². The maximum Gasteiger partial charge on any atom is 0.340 e. The lowest BCUT2D eigenvalue weighted by Gasteiger charge is -2.26. The van der Waals surface area contributed by atoms with Crippen molar-refractivity contribution in [1.29, 1.82) is 0 Å². The Morgan fingerprint density at radius 2 is 2.14 bits per heavy atom. The topological polar surface area (TPSA) is 64.6 Å². The number of anilines is 1. The first-order valence-corrected chi connectivity index (χ1v) is 6.83. The highest BCUT2D eigenvalue weighted by Gasteiger charge is 2.30. The van der Waals surface area contributed by atoms with Crippen molar-refractivity contribution in [3.8, 4) is 5.75 Å². The quantitative estimate of drug-likeness (QED) is 0.679.